The van der Waals surface area contributed by atoms with Gasteiger partial charge in [-0.05, 0) is 24.3 Å². The predicted molar refractivity (Wildman–Crippen MR) is 116 cm³/mol. The van der Waals surface area contributed by atoms with Gasteiger partial charge < -0.3 is 5.32 Å². The second kappa shape index (κ2) is 8.32. The Hall–Kier alpha value is -2.38. The summed E-state index contributed by atoms with van der Waals surface area (Å²) in [5, 5.41) is 6.11. The van der Waals surface area contributed by atoms with Crippen LogP contribution < -0.4 is 10.9 Å². The van der Waals surface area contributed by atoms with Gasteiger partial charge >= 0.3 is 0 Å². The van der Waals surface area contributed by atoms with E-state index >= 15 is 0 Å². The number of aromatic nitrogens is 2. The number of fused-ring (bicyclic) bond motifs is 1. The van der Waals surface area contributed by atoms with Gasteiger partial charge in [0.05, 0.1) is 11.1 Å². The third-order valence-corrected chi connectivity index (χ3v) is 6.52. The zero-order valence-electron chi connectivity index (χ0n) is 15.4. The quantitative estimate of drug-likeness (QED) is 0.347. The first kappa shape index (κ1) is 19.0. The van der Waals surface area contributed by atoms with E-state index in [0.717, 1.165) is 17.7 Å². The lowest BCUT2D eigenvalue weighted by atomic mass is 10.1. The Kier molecular flexibility index (Phi) is 5.64. The minimum absolute atomic E-state index is 0.0208. The molecular formula is C21H21N3O2S2. The van der Waals surface area contributed by atoms with Gasteiger partial charge in [-0.1, -0.05) is 48.2 Å². The molecular weight excluding hydrogens is 390 g/mol. The first-order valence-electron chi connectivity index (χ1n) is 9.25. The largest absolute Gasteiger partial charge is 0.355 e. The highest BCUT2D eigenvalue weighted by molar-refractivity contribution is 7.99. The number of hydrogen-bond acceptors (Lipinski definition) is 5. The van der Waals surface area contributed by atoms with Crippen molar-refractivity contribution in [3.05, 3.63) is 58.7 Å². The maximum atomic E-state index is 13.2. The Morgan fingerprint density at radius 1 is 1.36 bits per heavy atom. The van der Waals surface area contributed by atoms with Crippen molar-refractivity contribution in [2.24, 2.45) is 5.92 Å². The number of rotatable bonds is 8. The Bertz CT molecular complexity index is 1070. The van der Waals surface area contributed by atoms with Crippen LogP contribution in [0.3, 0.4) is 0 Å². The molecule has 1 fully saturated rings. The fourth-order valence-corrected chi connectivity index (χ4v) is 4.82. The molecule has 1 N–H and O–H groups in total. The lowest BCUT2D eigenvalue weighted by Gasteiger charge is -2.11. The van der Waals surface area contributed by atoms with E-state index in [9.17, 15) is 9.59 Å². The molecule has 5 nitrogen and oxygen atoms in total. The van der Waals surface area contributed by atoms with Gasteiger partial charge in [-0.25, -0.2) is 4.98 Å². The zero-order valence-corrected chi connectivity index (χ0v) is 17.0. The number of nitrogens with zero attached hydrogens (tertiary/aromatic N) is 2. The lowest BCUT2D eigenvalue weighted by molar-refractivity contribution is -0.118. The average Bonchev–Trinajstić information content (AvgIpc) is 3.45. The fourth-order valence-electron chi connectivity index (χ4n) is 3.00. The van der Waals surface area contributed by atoms with Gasteiger partial charge in [0.2, 0.25) is 5.91 Å². The van der Waals surface area contributed by atoms with Gasteiger partial charge in [0.15, 0.2) is 5.16 Å². The second-order valence-corrected chi connectivity index (χ2v) is 8.63. The summed E-state index contributed by atoms with van der Waals surface area (Å²) >= 11 is 2.76. The number of carbonyl (C=O) groups is 1. The van der Waals surface area contributed by atoms with Gasteiger partial charge in [0.25, 0.3) is 5.56 Å². The van der Waals surface area contributed by atoms with E-state index in [4.69, 9.17) is 4.98 Å². The highest BCUT2D eigenvalue weighted by atomic mass is 32.2. The number of nitrogens with one attached hydrogen (secondary N) is 1. The Labute approximate surface area is 171 Å². The number of thioether (sulfide) groups is 1. The molecule has 0 bridgehead atoms. The molecule has 1 amide bonds. The Morgan fingerprint density at radius 2 is 2.14 bits per heavy atom. The summed E-state index contributed by atoms with van der Waals surface area (Å²) in [6.07, 6.45) is 4.08. The van der Waals surface area contributed by atoms with Crippen LogP contribution in [0, 0.1) is 5.92 Å². The van der Waals surface area contributed by atoms with Crippen molar-refractivity contribution in [1.82, 2.24) is 14.9 Å². The number of amides is 1. The standard InChI is InChI=1S/C21H21N3O2S2/c1-2-10-24-20(26)18-16(15-6-4-3-5-7-15)12-27-19(18)23-21(24)28-13-17(25)22-11-14-8-9-14/h2-7,12,14H,1,8-11,13H2,(H,22,25). The molecule has 1 saturated carbocycles. The highest BCUT2D eigenvalue weighted by Gasteiger charge is 2.22. The maximum absolute atomic E-state index is 13.2. The van der Waals surface area contributed by atoms with Gasteiger partial charge in [-0.3, -0.25) is 14.2 Å². The predicted octanol–water partition coefficient (Wildman–Crippen LogP) is 3.93. The van der Waals surface area contributed by atoms with Crippen molar-refractivity contribution in [1.29, 1.82) is 0 Å². The SMILES string of the molecule is C=CCn1c(SCC(=O)NCC2CC2)nc2scc(-c3ccccc3)c2c1=O. The lowest BCUT2D eigenvalue weighted by Crippen LogP contribution is -2.28. The molecule has 0 radical (unpaired) electrons. The average molecular weight is 412 g/mol. The van der Waals surface area contributed by atoms with Crippen LogP contribution in [-0.2, 0) is 11.3 Å². The first-order valence-corrected chi connectivity index (χ1v) is 11.1. The van der Waals surface area contributed by atoms with Crippen LogP contribution >= 0.6 is 23.1 Å². The van der Waals surface area contributed by atoms with E-state index in [1.807, 2.05) is 35.7 Å². The van der Waals surface area contributed by atoms with Crippen LogP contribution in [0.5, 0.6) is 0 Å². The maximum Gasteiger partial charge on any atom is 0.263 e. The molecule has 1 aliphatic carbocycles. The summed E-state index contributed by atoms with van der Waals surface area (Å²) in [5.74, 6) is 0.871. The molecule has 0 atom stereocenters. The summed E-state index contributed by atoms with van der Waals surface area (Å²) in [5.41, 5.74) is 1.80. The van der Waals surface area contributed by atoms with Gasteiger partial charge in [-0.2, -0.15) is 0 Å². The number of hydrogen-bond donors (Lipinski definition) is 1. The molecule has 4 rings (SSSR count). The molecule has 144 valence electrons. The van der Waals surface area contributed by atoms with Crippen molar-refractivity contribution >= 4 is 39.2 Å². The molecule has 0 unspecified atom stereocenters. The molecule has 1 aromatic carbocycles. The topological polar surface area (TPSA) is 64.0 Å². The van der Waals surface area contributed by atoms with Gasteiger partial charge in [-0.15, -0.1) is 17.9 Å². The third kappa shape index (κ3) is 4.05. The van der Waals surface area contributed by atoms with Crippen LogP contribution in [0.25, 0.3) is 21.3 Å². The molecule has 28 heavy (non-hydrogen) atoms. The Balaban J connectivity index is 1.65. The fraction of sp³-hybridized carbons (Fsp3) is 0.286. The molecule has 0 saturated heterocycles. The van der Waals surface area contributed by atoms with Gasteiger partial charge in [0, 0.05) is 24.0 Å². The van der Waals surface area contributed by atoms with E-state index in [2.05, 4.69) is 11.9 Å². The van der Waals surface area contributed by atoms with Crippen LogP contribution in [0.2, 0.25) is 0 Å². The molecule has 0 spiro atoms. The smallest absolute Gasteiger partial charge is 0.263 e. The minimum atomic E-state index is -0.0918. The summed E-state index contributed by atoms with van der Waals surface area (Å²) < 4.78 is 1.60. The summed E-state index contributed by atoms with van der Waals surface area (Å²) in [7, 11) is 0. The molecule has 0 aliphatic heterocycles. The van der Waals surface area contributed by atoms with Crippen molar-refractivity contribution in [2.75, 3.05) is 12.3 Å². The van der Waals surface area contributed by atoms with E-state index in [0.29, 0.717) is 27.8 Å². The molecule has 1 aliphatic rings. The normalized spacial score (nSPS) is 13.6. The molecule has 7 heteroatoms. The number of thiophene rings is 1. The minimum Gasteiger partial charge on any atom is -0.355 e. The first-order chi connectivity index (χ1) is 13.7. The number of carbonyl (C=O) groups excluding carboxylic acids is 1. The van der Waals surface area contributed by atoms with Crippen LogP contribution in [-0.4, -0.2) is 27.8 Å². The van der Waals surface area contributed by atoms with Crippen molar-refractivity contribution in [2.45, 2.75) is 24.5 Å². The third-order valence-electron chi connectivity index (χ3n) is 4.67. The Morgan fingerprint density at radius 3 is 2.86 bits per heavy atom. The molecule has 2 aromatic heterocycles. The van der Waals surface area contributed by atoms with Crippen LogP contribution in [0.4, 0.5) is 0 Å². The van der Waals surface area contributed by atoms with Crippen molar-refractivity contribution in [3.63, 3.8) is 0 Å². The van der Waals surface area contributed by atoms with Gasteiger partial charge in [0.1, 0.15) is 4.83 Å². The summed E-state index contributed by atoms with van der Waals surface area (Å²) in [4.78, 5) is 30.7. The van der Waals surface area contributed by atoms with Crippen LogP contribution in [0.15, 0.2) is 58.3 Å². The second-order valence-electron chi connectivity index (χ2n) is 6.83. The van der Waals surface area contributed by atoms with Crippen molar-refractivity contribution in [3.8, 4) is 11.1 Å². The van der Waals surface area contributed by atoms with Crippen LogP contribution in [0.1, 0.15) is 12.8 Å². The van der Waals surface area contributed by atoms with Crippen molar-refractivity contribution < 1.29 is 4.79 Å². The number of allylic oxidation sites excluding steroid dienone is 1. The molecule has 3 aromatic rings. The monoisotopic (exact) mass is 411 g/mol. The van der Waals surface area contributed by atoms with E-state index in [1.165, 1.54) is 35.9 Å². The molecule has 2 heterocycles. The number of benzene rings is 1. The zero-order chi connectivity index (χ0) is 19.5. The van der Waals surface area contributed by atoms with E-state index < -0.39 is 0 Å². The highest BCUT2D eigenvalue weighted by Crippen LogP contribution is 2.32. The van der Waals surface area contributed by atoms with E-state index in [1.54, 1.807) is 10.6 Å². The summed E-state index contributed by atoms with van der Waals surface area (Å²) in [6.45, 7) is 4.87. The van der Waals surface area contributed by atoms with E-state index in [-0.39, 0.29) is 17.2 Å². The summed E-state index contributed by atoms with van der Waals surface area (Å²) in [6, 6.07) is 9.85.